The van der Waals surface area contributed by atoms with Crippen molar-refractivity contribution in [3.63, 3.8) is 0 Å². The summed E-state index contributed by atoms with van der Waals surface area (Å²) in [6, 6.07) is 6.39. The standard InChI is InChI=1S/C17H26N2O/c1-12-6-7-13(2)15(10-12)14(3)19-16(20)11-17(18)8-4-5-9-17/h6-7,10,14H,4-5,8-9,11,18H2,1-3H3,(H,19,20). The van der Waals surface area contributed by atoms with Crippen molar-refractivity contribution < 1.29 is 4.79 Å². The molecule has 0 saturated heterocycles. The molecule has 0 heterocycles. The molecule has 1 unspecified atom stereocenters. The van der Waals surface area contributed by atoms with E-state index in [4.69, 9.17) is 5.73 Å². The lowest BCUT2D eigenvalue weighted by molar-refractivity contribution is -0.122. The third-order valence-electron chi connectivity index (χ3n) is 4.39. The topological polar surface area (TPSA) is 55.1 Å². The Labute approximate surface area is 121 Å². The summed E-state index contributed by atoms with van der Waals surface area (Å²) in [5.41, 5.74) is 9.62. The predicted octanol–water partition coefficient (Wildman–Crippen LogP) is 3.14. The number of hydrogen-bond acceptors (Lipinski definition) is 2. The van der Waals surface area contributed by atoms with E-state index in [0.29, 0.717) is 6.42 Å². The molecule has 1 atom stereocenters. The quantitative estimate of drug-likeness (QED) is 0.886. The first-order valence-corrected chi connectivity index (χ1v) is 7.55. The van der Waals surface area contributed by atoms with Crippen molar-refractivity contribution in [1.29, 1.82) is 0 Å². The van der Waals surface area contributed by atoms with Crippen LogP contribution < -0.4 is 11.1 Å². The SMILES string of the molecule is Cc1ccc(C)c(C(C)NC(=O)CC2(N)CCCC2)c1. The van der Waals surface area contributed by atoms with Crippen molar-refractivity contribution in [2.45, 2.75) is 64.5 Å². The van der Waals surface area contributed by atoms with E-state index in [-0.39, 0.29) is 17.5 Å². The Balaban J connectivity index is 1.98. The fourth-order valence-electron chi connectivity index (χ4n) is 3.17. The molecule has 1 aliphatic rings. The molecule has 0 aliphatic heterocycles. The summed E-state index contributed by atoms with van der Waals surface area (Å²) in [5, 5.41) is 3.10. The molecular formula is C17H26N2O. The number of amides is 1. The van der Waals surface area contributed by atoms with E-state index in [1.807, 2.05) is 6.92 Å². The lowest BCUT2D eigenvalue weighted by Gasteiger charge is -2.24. The van der Waals surface area contributed by atoms with Gasteiger partial charge in [-0.25, -0.2) is 0 Å². The molecule has 1 aromatic rings. The van der Waals surface area contributed by atoms with Crippen molar-refractivity contribution in [3.8, 4) is 0 Å². The van der Waals surface area contributed by atoms with E-state index in [1.54, 1.807) is 0 Å². The van der Waals surface area contributed by atoms with E-state index >= 15 is 0 Å². The van der Waals surface area contributed by atoms with E-state index in [2.05, 4.69) is 37.4 Å². The second-order valence-electron chi connectivity index (χ2n) is 6.40. The zero-order valence-corrected chi connectivity index (χ0v) is 12.8. The first-order chi connectivity index (χ1) is 9.39. The number of rotatable bonds is 4. The van der Waals surface area contributed by atoms with Crippen LogP contribution in [0, 0.1) is 13.8 Å². The van der Waals surface area contributed by atoms with Crippen molar-refractivity contribution in [3.05, 3.63) is 34.9 Å². The molecule has 1 amide bonds. The third-order valence-corrected chi connectivity index (χ3v) is 4.39. The number of benzene rings is 1. The summed E-state index contributed by atoms with van der Waals surface area (Å²) < 4.78 is 0. The van der Waals surface area contributed by atoms with Crippen molar-refractivity contribution in [2.75, 3.05) is 0 Å². The van der Waals surface area contributed by atoms with Gasteiger partial charge in [0.05, 0.1) is 6.04 Å². The van der Waals surface area contributed by atoms with E-state index in [0.717, 1.165) is 25.7 Å². The zero-order chi connectivity index (χ0) is 14.8. The minimum Gasteiger partial charge on any atom is -0.350 e. The van der Waals surface area contributed by atoms with Gasteiger partial charge < -0.3 is 11.1 Å². The molecule has 1 aromatic carbocycles. The summed E-state index contributed by atoms with van der Waals surface area (Å²) in [6.07, 6.45) is 4.69. The van der Waals surface area contributed by atoms with Gasteiger partial charge in [-0.15, -0.1) is 0 Å². The summed E-state index contributed by atoms with van der Waals surface area (Å²) in [6.45, 7) is 6.20. The maximum atomic E-state index is 12.2. The Hall–Kier alpha value is -1.35. The zero-order valence-electron chi connectivity index (χ0n) is 12.8. The number of hydrogen-bond donors (Lipinski definition) is 2. The Morgan fingerprint density at radius 2 is 2.00 bits per heavy atom. The molecule has 0 spiro atoms. The Morgan fingerprint density at radius 3 is 2.65 bits per heavy atom. The van der Waals surface area contributed by atoms with E-state index < -0.39 is 0 Å². The molecule has 0 aromatic heterocycles. The summed E-state index contributed by atoms with van der Waals surface area (Å²) in [5.74, 6) is 0.0720. The number of carbonyl (C=O) groups is 1. The average molecular weight is 274 g/mol. The Kier molecular flexibility index (Phi) is 4.48. The molecule has 2 rings (SSSR count). The molecule has 1 saturated carbocycles. The first-order valence-electron chi connectivity index (χ1n) is 7.55. The molecule has 3 nitrogen and oxygen atoms in total. The van der Waals surface area contributed by atoms with Gasteiger partial charge in [0.25, 0.3) is 0 Å². The fraction of sp³-hybridized carbons (Fsp3) is 0.588. The van der Waals surface area contributed by atoms with Gasteiger partial charge >= 0.3 is 0 Å². The highest BCUT2D eigenvalue weighted by atomic mass is 16.1. The maximum absolute atomic E-state index is 12.2. The second kappa shape index (κ2) is 5.96. The number of aryl methyl sites for hydroxylation is 2. The lowest BCUT2D eigenvalue weighted by Crippen LogP contribution is -2.42. The van der Waals surface area contributed by atoms with Crippen LogP contribution >= 0.6 is 0 Å². The first kappa shape index (κ1) is 15.0. The fourth-order valence-corrected chi connectivity index (χ4v) is 3.17. The van der Waals surface area contributed by atoms with Gasteiger partial charge in [0.1, 0.15) is 0 Å². The summed E-state index contributed by atoms with van der Waals surface area (Å²) in [7, 11) is 0. The molecule has 1 fully saturated rings. The molecule has 0 radical (unpaired) electrons. The molecule has 3 N–H and O–H groups in total. The third kappa shape index (κ3) is 3.60. The largest absolute Gasteiger partial charge is 0.350 e. The molecule has 1 aliphatic carbocycles. The van der Waals surface area contributed by atoms with Crippen LogP contribution in [0.1, 0.15) is 61.8 Å². The van der Waals surface area contributed by atoms with Gasteiger partial charge in [0, 0.05) is 12.0 Å². The second-order valence-corrected chi connectivity index (χ2v) is 6.40. The van der Waals surface area contributed by atoms with Crippen LogP contribution in [-0.2, 0) is 4.79 Å². The molecule has 0 bridgehead atoms. The van der Waals surface area contributed by atoms with Crippen LogP contribution in [0.2, 0.25) is 0 Å². The van der Waals surface area contributed by atoms with E-state index in [9.17, 15) is 4.79 Å². The van der Waals surface area contributed by atoms with Crippen LogP contribution in [0.4, 0.5) is 0 Å². The highest BCUT2D eigenvalue weighted by Crippen LogP contribution is 2.30. The highest BCUT2D eigenvalue weighted by molar-refractivity contribution is 5.77. The van der Waals surface area contributed by atoms with Gasteiger partial charge in [-0.05, 0) is 44.7 Å². The lowest BCUT2D eigenvalue weighted by atomic mass is 9.93. The van der Waals surface area contributed by atoms with Gasteiger partial charge in [-0.2, -0.15) is 0 Å². The highest BCUT2D eigenvalue weighted by Gasteiger charge is 2.32. The van der Waals surface area contributed by atoms with Gasteiger partial charge in [0.15, 0.2) is 0 Å². The smallest absolute Gasteiger partial charge is 0.222 e. The van der Waals surface area contributed by atoms with Gasteiger partial charge in [0.2, 0.25) is 5.91 Å². The van der Waals surface area contributed by atoms with Crippen LogP contribution in [0.15, 0.2) is 18.2 Å². The molecule has 110 valence electrons. The normalized spacial score (nSPS) is 18.8. The maximum Gasteiger partial charge on any atom is 0.222 e. The summed E-state index contributed by atoms with van der Waals surface area (Å²) >= 11 is 0. The van der Waals surface area contributed by atoms with Gasteiger partial charge in [-0.3, -0.25) is 4.79 Å². The average Bonchev–Trinajstić information content (AvgIpc) is 2.78. The Bertz CT molecular complexity index is 490. The molecular weight excluding hydrogens is 248 g/mol. The van der Waals surface area contributed by atoms with Crippen molar-refractivity contribution >= 4 is 5.91 Å². The number of nitrogens with two attached hydrogens (primary N) is 1. The van der Waals surface area contributed by atoms with Crippen molar-refractivity contribution in [2.24, 2.45) is 5.73 Å². The molecule has 20 heavy (non-hydrogen) atoms. The van der Waals surface area contributed by atoms with Crippen LogP contribution in [0.3, 0.4) is 0 Å². The minimum absolute atomic E-state index is 0.0346. The van der Waals surface area contributed by atoms with Crippen LogP contribution in [0.25, 0.3) is 0 Å². The molecule has 3 heteroatoms. The summed E-state index contributed by atoms with van der Waals surface area (Å²) in [4.78, 5) is 12.2. The van der Waals surface area contributed by atoms with Crippen LogP contribution in [-0.4, -0.2) is 11.4 Å². The van der Waals surface area contributed by atoms with Crippen LogP contribution in [0.5, 0.6) is 0 Å². The van der Waals surface area contributed by atoms with Gasteiger partial charge in [-0.1, -0.05) is 36.6 Å². The predicted molar refractivity (Wildman–Crippen MR) is 82.5 cm³/mol. The Morgan fingerprint density at radius 1 is 1.35 bits per heavy atom. The number of nitrogens with one attached hydrogen (secondary N) is 1. The number of carbonyl (C=O) groups excluding carboxylic acids is 1. The minimum atomic E-state index is -0.272. The van der Waals surface area contributed by atoms with E-state index in [1.165, 1.54) is 16.7 Å². The monoisotopic (exact) mass is 274 g/mol. The van der Waals surface area contributed by atoms with Crippen molar-refractivity contribution in [1.82, 2.24) is 5.32 Å².